The van der Waals surface area contributed by atoms with Gasteiger partial charge in [0, 0.05) is 22.8 Å². The fraction of sp³-hybridized carbons (Fsp3) is 0.167. The number of thioether (sulfide) groups is 2. The predicted octanol–water partition coefficient (Wildman–Crippen LogP) is 5.09. The van der Waals surface area contributed by atoms with Crippen molar-refractivity contribution in [2.75, 3.05) is 11.1 Å². The van der Waals surface area contributed by atoms with Crippen LogP contribution in [0.1, 0.15) is 12.0 Å². The first-order valence-corrected chi connectivity index (χ1v) is 10.7. The lowest BCUT2D eigenvalue weighted by atomic mass is 10.2. The maximum atomic E-state index is 13.5. The number of carbonyl (C=O) groups is 1. The van der Waals surface area contributed by atoms with Gasteiger partial charge in [-0.15, -0.1) is 22.0 Å². The van der Waals surface area contributed by atoms with Crippen LogP contribution in [0.5, 0.6) is 0 Å². The first-order valence-electron chi connectivity index (χ1n) is 7.88. The fourth-order valence-corrected chi connectivity index (χ4v) is 4.65. The summed E-state index contributed by atoms with van der Waals surface area (Å²) in [5.74, 6) is 0.899. The average Bonchev–Trinajstić information content (AvgIpc) is 3.10. The van der Waals surface area contributed by atoms with E-state index in [0.717, 1.165) is 10.1 Å². The summed E-state index contributed by atoms with van der Waals surface area (Å²) in [5.41, 5.74) is 1.21. The second-order valence-electron chi connectivity index (χ2n) is 5.22. The number of halogens is 1. The number of carbonyl (C=O) groups excluding carboxylic acids is 1. The molecule has 8 heteroatoms. The molecule has 0 atom stereocenters. The zero-order chi connectivity index (χ0) is 18.2. The molecule has 1 heterocycles. The quantitative estimate of drug-likeness (QED) is 0.418. The summed E-state index contributed by atoms with van der Waals surface area (Å²) < 4.78 is 14.3. The van der Waals surface area contributed by atoms with E-state index < -0.39 is 0 Å². The van der Waals surface area contributed by atoms with Crippen LogP contribution >= 0.6 is 34.9 Å². The second-order valence-corrected chi connectivity index (χ2v) is 8.56. The number of nitrogens with one attached hydrogen (secondary N) is 1. The minimum Gasteiger partial charge on any atom is -0.300 e. The van der Waals surface area contributed by atoms with Crippen LogP contribution in [0.15, 0.2) is 63.8 Å². The molecule has 0 radical (unpaired) electrons. The zero-order valence-electron chi connectivity index (χ0n) is 13.7. The summed E-state index contributed by atoms with van der Waals surface area (Å²) in [6.07, 6.45) is 0.283. The zero-order valence-corrected chi connectivity index (χ0v) is 16.2. The summed E-state index contributed by atoms with van der Waals surface area (Å²) in [6, 6.07) is 16.7. The molecule has 0 fully saturated rings. The third-order valence-electron chi connectivity index (χ3n) is 3.28. The van der Waals surface area contributed by atoms with Gasteiger partial charge >= 0.3 is 0 Å². The molecule has 0 saturated heterocycles. The number of rotatable bonds is 8. The van der Waals surface area contributed by atoms with Gasteiger partial charge in [-0.2, -0.15) is 0 Å². The van der Waals surface area contributed by atoms with Crippen LogP contribution in [-0.4, -0.2) is 21.9 Å². The van der Waals surface area contributed by atoms with Crippen LogP contribution in [0.2, 0.25) is 0 Å². The van der Waals surface area contributed by atoms with Gasteiger partial charge < -0.3 is 5.32 Å². The molecule has 0 unspecified atom stereocenters. The van der Waals surface area contributed by atoms with Gasteiger partial charge in [-0.1, -0.05) is 65.6 Å². The third-order valence-corrected chi connectivity index (χ3v) is 6.37. The number of hydrogen-bond donors (Lipinski definition) is 1. The number of anilines is 1. The molecular weight excluding hydrogens is 389 g/mol. The van der Waals surface area contributed by atoms with E-state index in [1.165, 1.54) is 34.7 Å². The Hall–Kier alpha value is -1.90. The molecule has 0 bridgehead atoms. The standard InChI is InChI=1S/C18H16FN3OS3/c19-14-8-4-5-9-15(14)24-11-10-16(23)20-17-21-22-18(26-17)25-12-13-6-2-1-3-7-13/h1-9H,10-12H2,(H,20,21,23). The number of benzene rings is 2. The highest BCUT2D eigenvalue weighted by molar-refractivity contribution is 8.00. The van der Waals surface area contributed by atoms with E-state index in [4.69, 9.17) is 0 Å². The van der Waals surface area contributed by atoms with Crippen molar-refractivity contribution < 1.29 is 9.18 Å². The first kappa shape index (κ1) is 18.9. The molecule has 0 aliphatic rings. The first-order chi connectivity index (χ1) is 12.7. The lowest BCUT2D eigenvalue weighted by molar-refractivity contribution is -0.115. The van der Waals surface area contributed by atoms with Gasteiger partial charge in [0.2, 0.25) is 11.0 Å². The van der Waals surface area contributed by atoms with E-state index in [2.05, 4.69) is 27.6 Å². The Morgan fingerprint density at radius 2 is 1.81 bits per heavy atom. The topological polar surface area (TPSA) is 54.9 Å². The Balaban J connectivity index is 1.42. The fourth-order valence-electron chi connectivity index (χ4n) is 2.04. The largest absolute Gasteiger partial charge is 0.300 e. The van der Waals surface area contributed by atoms with E-state index >= 15 is 0 Å². The third kappa shape index (κ3) is 5.82. The number of hydrogen-bond acceptors (Lipinski definition) is 6. The molecular formula is C18H16FN3OS3. The smallest absolute Gasteiger partial charge is 0.227 e. The molecule has 2 aromatic carbocycles. The minimum atomic E-state index is -0.262. The van der Waals surface area contributed by atoms with Crippen LogP contribution < -0.4 is 5.32 Å². The molecule has 0 aliphatic heterocycles. The van der Waals surface area contributed by atoms with Crippen molar-refractivity contribution in [3.05, 3.63) is 66.0 Å². The second kappa shape index (κ2) is 9.70. The van der Waals surface area contributed by atoms with Crippen molar-refractivity contribution in [2.24, 2.45) is 0 Å². The number of nitrogens with zero attached hydrogens (tertiary/aromatic N) is 2. The van der Waals surface area contributed by atoms with Crippen molar-refractivity contribution in [1.82, 2.24) is 10.2 Å². The molecule has 1 aromatic heterocycles. The van der Waals surface area contributed by atoms with Gasteiger partial charge in [0.05, 0.1) is 0 Å². The minimum absolute atomic E-state index is 0.149. The lowest BCUT2D eigenvalue weighted by Crippen LogP contribution is -2.11. The van der Waals surface area contributed by atoms with Crippen molar-refractivity contribution in [2.45, 2.75) is 21.4 Å². The highest BCUT2D eigenvalue weighted by atomic mass is 32.2. The lowest BCUT2D eigenvalue weighted by Gasteiger charge is -2.03. The molecule has 1 amide bonds. The molecule has 1 N–H and O–H groups in total. The van der Waals surface area contributed by atoms with Gasteiger partial charge in [0.25, 0.3) is 0 Å². The maximum Gasteiger partial charge on any atom is 0.227 e. The molecule has 0 aliphatic carbocycles. The summed E-state index contributed by atoms with van der Waals surface area (Å²) in [5, 5.41) is 11.3. The SMILES string of the molecule is O=C(CCSc1ccccc1F)Nc1nnc(SCc2ccccc2)s1. The molecule has 0 spiro atoms. The van der Waals surface area contributed by atoms with Gasteiger partial charge in [0.1, 0.15) is 5.82 Å². The molecule has 3 rings (SSSR count). The van der Waals surface area contributed by atoms with E-state index in [1.807, 2.05) is 18.2 Å². The Bertz CT molecular complexity index is 858. The molecule has 0 saturated carbocycles. The van der Waals surface area contributed by atoms with E-state index in [0.29, 0.717) is 15.8 Å². The van der Waals surface area contributed by atoms with Crippen molar-refractivity contribution >= 4 is 45.9 Å². The van der Waals surface area contributed by atoms with Gasteiger partial charge in [-0.3, -0.25) is 4.79 Å². The van der Waals surface area contributed by atoms with Crippen LogP contribution in [0.4, 0.5) is 9.52 Å². The number of amides is 1. The summed E-state index contributed by atoms with van der Waals surface area (Å²) in [6.45, 7) is 0. The predicted molar refractivity (Wildman–Crippen MR) is 106 cm³/mol. The van der Waals surface area contributed by atoms with Crippen LogP contribution in [-0.2, 0) is 10.5 Å². The molecule has 134 valence electrons. The summed E-state index contributed by atoms with van der Waals surface area (Å²) >= 11 is 4.27. The maximum absolute atomic E-state index is 13.5. The van der Waals surface area contributed by atoms with Gasteiger partial charge in [-0.25, -0.2) is 4.39 Å². The van der Waals surface area contributed by atoms with Gasteiger partial charge in [-0.05, 0) is 17.7 Å². The monoisotopic (exact) mass is 405 g/mol. The summed E-state index contributed by atoms with van der Waals surface area (Å²) in [4.78, 5) is 12.5. The van der Waals surface area contributed by atoms with Gasteiger partial charge in [0.15, 0.2) is 4.34 Å². The summed E-state index contributed by atoms with van der Waals surface area (Å²) in [7, 11) is 0. The number of aromatic nitrogens is 2. The Kier molecular flexibility index (Phi) is 7.04. The molecule has 4 nitrogen and oxygen atoms in total. The Morgan fingerprint density at radius 3 is 2.62 bits per heavy atom. The van der Waals surface area contributed by atoms with Crippen LogP contribution in [0.3, 0.4) is 0 Å². The van der Waals surface area contributed by atoms with E-state index in [1.54, 1.807) is 30.0 Å². The highest BCUT2D eigenvalue weighted by Crippen LogP contribution is 2.28. The average molecular weight is 406 g/mol. The Labute approximate surface area is 163 Å². The molecule has 26 heavy (non-hydrogen) atoms. The highest BCUT2D eigenvalue weighted by Gasteiger charge is 2.10. The molecule has 3 aromatic rings. The van der Waals surface area contributed by atoms with Crippen molar-refractivity contribution in [3.63, 3.8) is 0 Å². The van der Waals surface area contributed by atoms with E-state index in [9.17, 15) is 9.18 Å². The van der Waals surface area contributed by atoms with Crippen LogP contribution in [0.25, 0.3) is 0 Å². The van der Waals surface area contributed by atoms with Crippen molar-refractivity contribution in [3.8, 4) is 0 Å². The van der Waals surface area contributed by atoms with Crippen LogP contribution in [0, 0.1) is 5.82 Å². The van der Waals surface area contributed by atoms with E-state index in [-0.39, 0.29) is 18.1 Å². The van der Waals surface area contributed by atoms with Crippen molar-refractivity contribution in [1.29, 1.82) is 0 Å². The Morgan fingerprint density at radius 1 is 1.04 bits per heavy atom. The normalized spacial score (nSPS) is 10.7.